The van der Waals surface area contributed by atoms with E-state index in [-0.39, 0.29) is 10.6 Å². The minimum absolute atomic E-state index is 0.0926. The molecule has 0 aliphatic carbocycles. The fraction of sp³-hybridized carbons (Fsp3) is 0.125. The van der Waals surface area contributed by atoms with E-state index in [1.165, 1.54) is 12.1 Å². The Kier molecular flexibility index (Phi) is 5.93. The molecule has 0 bridgehead atoms. The number of nitrogens with one attached hydrogen (secondary N) is 1. The number of nitro groups is 1. The van der Waals surface area contributed by atoms with Gasteiger partial charge in [0.2, 0.25) is 0 Å². The van der Waals surface area contributed by atoms with Crippen molar-refractivity contribution in [3.05, 3.63) is 106 Å². The summed E-state index contributed by atoms with van der Waals surface area (Å²) in [5, 5.41) is 16.4. The number of hydrogen-bond acceptors (Lipinski definition) is 5. The summed E-state index contributed by atoms with van der Waals surface area (Å²) in [6, 6.07) is 22.6. The molecule has 0 aliphatic rings. The number of ether oxygens (including phenoxy) is 1. The molecule has 1 N–H and O–H groups in total. The lowest BCUT2D eigenvalue weighted by Gasteiger charge is -2.07. The molecule has 0 atom stereocenters. The Morgan fingerprint density at radius 1 is 1.06 bits per heavy atom. The Morgan fingerprint density at radius 2 is 1.81 bits per heavy atom. The topological polar surface area (TPSA) is 81.7 Å². The zero-order valence-corrected chi connectivity index (χ0v) is 17.1. The Bertz CT molecular complexity index is 1230. The number of rotatable bonds is 8. The number of hydrogen-bond donors (Lipinski definition) is 1. The molecule has 0 radical (unpaired) electrons. The lowest BCUT2D eigenvalue weighted by atomic mass is 10.2. The standard InChI is InChI=1S/C24H22N4O3/c1-31-24-9-5-2-6-19(24)14-25-26-15-20-17-27(23-8-4-3-7-22(20)23)16-18-10-12-21(13-11-18)28(29)30/h2-13,15,17,25H,14,16H2,1H3/b26-15-. The van der Waals surface area contributed by atoms with Crippen LogP contribution in [-0.2, 0) is 13.1 Å². The summed E-state index contributed by atoms with van der Waals surface area (Å²) in [5.74, 6) is 0.824. The summed E-state index contributed by atoms with van der Waals surface area (Å²) in [6.45, 7) is 1.17. The van der Waals surface area contributed by atoms with Crippen LogP contribution in [0.2, 0.25) is 0 Å². The van der Waals surface area contributed by atoms with Gasteiger partial charge in [-0.15, -0.1) is 0 Å². The molecule has 0 spiro atoms. The molecule has 7 nitrogen and oxygen atoms in total. The van der Waals surface area contributed by atoms with Gasteiger partial charge in [-0.2, -0.15) is 5.10 Å². The number of methoxy groups -OCH3 is 1. The van der Waals surface area contributed by atoms with Gasteiger partial charge in [-0.1, -0.05) is 48.5 Å². The van der Waals surface area contributed by atoms with Crippen molar-refractivity contribution in [3.8, 4) is 5.75 Å². The maximum Gasteiger partial charge on any atom is 0.269 e. The smallest absolute Gasteiger partial charge is 0.269 e. The van der Waals surface area contributed by atoms with Gasteiger partial charge in [-0.3, -0.25) is 10.1 Å². The minimum atomic E-state index is -0.387. The van der Waals surface area contributed by atoms with Crippen molar-refractivity contribution in [2.75, 3.05) is 7.11 Å². The summed E-state index contributed by atoms with van der Waals surface area (Å²) >= 11 is 0. The largest absolute Gasteiger partial charge is 0.496 e. The fourth-order valence-corrected chi connectivity index (χ4v) is 3.52. The predicted octanol–water partition coefficient (Wildman–Crippen LogP) is 4.73. The molecule has 1 aromatic heterocycles. The maximum absolute atomic E-state index is 10.9. The van der Waals surface area contributed by atoms with E-state index < -0.39 is 0 Å². The molecule has 0 unspecified atom stereocenters. The fourth-order valence-electron chi connectivity index (χ4n) is 3.52. The van der Waals surface area contributed by atoms with E-state index in [0.717, 1.165) is 33.3 Å². The van der Waals surface area contributed by atoms with Gasteiger partial charge in [0.1, 0.15) is 5.75 Å². The number of fused-ring (bicyclic) bond motifs is 1. The monoisotopic (exact) mass is 414 g/mol. The molecule has 4 aromatic rings. The van der Waals surface area contributed by atoms with Crippen molar-refractivity contribution in [1.82, 2.24) is 9.99 Å². The van der Waals surface area contributed by atoms with Gasteiger partial charge in [0.15, 0.2) is 0 Å². The number of hydrazone groups is 1. The van der Waals surface area contributed by atoms with Gasteiger partial charge in [0.05, 0.1) is 24.8 Å². The molecular formula is C24H22N4O3. The van der Waals surface area contributed by atoms with Crippen LogP contribution in [0.15, 0.2) is 84.1 Å². The van der Waals surface area contributed by atoms with Crippen molar-refractivity contribution in [2.24, 2.45) is 5.10 Å². The maximum atomic E-state index is 10.9. The van der Waals surface area contributed by atoms with Gasteiger partial charge >= 0.3 is 0 Å². The van der Waals surface area contributed by atoms with E-state index in [1.807, 2.05) is 48.8 Å². The highest BCUT2D eigenvalue weighted by Crippen LogP contribution is 2.22. The number of para-hydroxylation sites is 2. The molecule has 156 valence electrons. The second kappa shape index (κ2) is 9.13. The van der Waals surface area contributed by atoms with Crippen molar-refractivity contribution in [1.29, 1.82) is 0 Å². The van der Waals surface area contributed by atoms with Crippen LogP contribution in [0.1, 0.15) is 16.7 Å². The number of non-ortho nitro benzene ring substituents is 1. The third kappa shape index (κ3) is 4.56. The normalized spacial score (nSPS) is 11.1. The van der Waals surface area contributed by atoms with E-state index in [1.54, 1.807) is 19.2 Å². The first-order valence-corrected chi connectivity index (χ1v) is 9.85. The lowest BCUT2D eigenvalue weighted by molar-refractivity contribution is -0.384. The van der Waals surface area contributed by atoms with Crippen LogP contribution >= 0.6 is 0 Å². The van der Waals surface area contributed by atoms with Crippen molar-refractivity contribution < 1.29 is 9.66 Å². The number of aromatic nitrogens is 1. The van der Waals surface area contributed by atoms with Gasteiger partial charge in [-0.25, -0.2) is 0 Å². The second-order valence-corrected chi connectivity index (χ2v) is 7.06. The number of benzene rings is 3. The highest BCUT2D eigenvalue weighted by Gasteiger charge is 2.09. The Morgan fingerprint density at radius 3 is 2.58 bits per heavy atom. The van der Waals surface area contributed by atoms with Crippen molar-refractivity contribution in [3.63, 3.8) is 0 Å². The average Bonchev–Trinajstić information content (AvgIpc) is 3.15. The molecule has 1 heterocycles. The summed E-state index contributed by atoms with van der Waals surface area (Å²) in [5.41, 5.74) is 7.26. The Labute approximate surface area is 179 Å². The Hall–Kier alpha value is -4.13. The van der Waals surface area contributed by atoms with Crippen molar-refractivity contribution in [2.45, 2.75) is 13.1 Å². The van der Waals surface area contributed by atoms with Crippen LogP contribution in [0.4, 0.5) is 5.69 Å². The summed E-state index contributed by atoms with van der Waals surface area (Å²) in [7, 11) is 1.65. The van der Waals surface area contributed by atoms with Crippen LogP contribution < -0.4 is 10.2 Å². The number of nitro benzene ring substituents is 1. The van der Waals surface area contributed by atoms with Gasteiger partial charge in [-0.05, 0) is 17.7 Å². The van der Waals surface area contributed by atoms with Crippen molar-refractivity contribution >= 4 is 22.8 Å². The third-order valence-corrected chi connectivity index (χ3v) is 5.08. The first kappa shape index (κ1) is 20.2. The quantitative estimate of drug-likeness (QED) is 0.257. The van der Waals surface area contributed by atoms with Crippen LogP contribution in [0, 0.1) is 10.1 Å². The van der Waals surface area contributed by atoms with E-state index in [9.17, 15) is 10.1 Å². The summed E-state index contributed by atoms with van der Waals surface area (Å²) in [4.78, 5) is 10.5. The zero-order chi connectivity index (χ0) is 21.6. The van der Waals surface area contributed by atoms with Gasteiger partial charge < -0.3 is 14.7 Å². The third-order valence-electron chi connectivity index (χ3n) is 5.08. The van der Waals surface area contributed by atoms with Crippen LogP contribution in [0.5, 0.6) is 5.75 Å². The van der Waals surface area contributed by atoms with Crippen LogP contribution in [0.25, 0.3) is 10.9 Å². The molecular weight excluding hydrogens is 392 g/mol. The van der Waals surface area contributed by atoms with Crippen LogP contribution in [0.3, 0.4) is 0 Å². The van der Waals surface area contributed by atoms with E-state index in [4.69, 9.17) is 4.74 Å². The molecule has 0 fully saturated rings. The lowest BCUT2D eigenvalue weighted by Crippen LogP contribution is -2.06. The molecule has 0 amide bonds. The highest BCUT2D eigenvalue weighted by molar-refractivity contribution is 5.99. The number of nitrogens with zero attached hydrogens (tertiary/aromatic N) is 3. The summed E-state index contributed by atoms with van der Waals surface area (Å²) in [6.07, 6.45) is 3.85. The van der Waals surface area contributed by atoms with E-state index in [0.29, 0.717) is 13.1 Å². The highest BCUT2D eigenvalue weighted by atomic mass is 16.6. The summed E-state index contributed by atoms with van der Waals surface area (Å²) < 4.78 is 7.49. The van der Waals surface area contributed by atoms with E-state index in [2.05, 4.69) is 27.2 Å². The molecule has 7 heteroatoms. The SMILES string of the molecule is COc1ccccc1CN/N=C\c1cn(Cc2ccc([N+](=O)[O-])cc2)c2ccccc12. The molecule has 3 aromatic carbocycles. The van der Waals surface area contributed by atoms with Crippen LogP contribution in [-0.4, -0.2) is 22.8 Å². The first-order chi connectivity index (χ1) is 15.2. The van der Waals surface area contributed by atoms with E-state index >= 15 is 0 Å². The minimum Gasteiger partial charge on any atom is -0.496 e. The van der Waals surface area contributed by atoms with Gasteiger partial charge in [0, 0.05) is 46.9 Å². The zero-order valence-electron chi connectivity index (χ0n) is 17.1. The average molecular weight is 414 g/mol. The molecule has 0 aliphatic heterocycles. The molecule has 0 saturated heterocycles. The molecule has 31 heavy (non-hydrogen) atoms. The van der Waals surface area contributed by atoms with Gasteiger partial charge in [0.25, 0.3) is 5.69 Å². The predicted molar refractivity (Wildman–Crippen MR) is 122 cm³/mol. The molecule has 4 rings (SSSR count). The Balaban J connectivity index is 1.52. The molecule has 0 saturated carbocycles. The second-order valence-electron chi connectivity index (χ2n) is 7.06. The first-order valence-electron chi connectivity index (χ1n) is 9.85.